The summed E-state index contributed by atoms with van der Waals surface area (Å²) in [7, 11) is 0. The SMILES string of the molecule is CC1CCN(c2ncnc3sccc23)CC1. The molecule has 0 bridgehead atoms. The van der Waals surface area contributed by atoms with Crippen LogP contribution in [0.1, 0.15) is 19.8 Å². The molecule has 3 nitrogen and oxygen atoms in total. The second kappa shape index (κ2) is 4.01. The smallest absolute Gasteiger partial charge is 0.140 e. The molecule has 2 aromatic heterocycles. The van der Waals surface area contributed by atoms with Gasteiger partial charge in [0.25, 0.3) is 0 Å². The van der Waals surface area contributed by atoms with Gasteiger partial charge in [0, 0.05) is 13.1 Å². The molecule has 0 radical (unpaired) electrons. The zero-order valence-corrected chi connectivity index (χ0v) is 10.2. The number of anilines is 1. The predicted molar refractivity (Wildman–Crippen MR) is 68.0 cm³/mol. The van der Waals surface area contributed by atoms with Crippen LogP contribution in [0.2, 0.25) is 0 Å². The zero-order chi connectivity index (χ0) is 11.0. The maximum atomic E-state index is 4.45. The minimum absolute atomic E-state index is 0.857. The van der Waals surface area contributed by atoms with Crippen LogP contribution < -0.4 is 4.90 Å². The highest BCUT2D eigenvalue weighted by atomic mass is 32.1. The predicted octanol–water partition coefficient (Wildman–Crippen LogP) is 2.93. The highest BCUT2D eigenvalue weighted by Crippen LogP contribution is 2.29. The van der Waals surface area contributed by atoms with Gasteiger partial charge >= 0.3 is 0 Å². The van der Waals surface area contributed by atoms with Crippen LogP contribution in [0.5, 0.6) is 0 Å². The second-order valence-electron chi connectivity index (χ2n) is 4.51. The fourth-order valence-electron chi connectivity index (χ4n) is 2.25. The van der Waals surface area contributed by atoms with Crippen molar-refractivity contribution in [2.24, 2.45) is 5.92 Å². The number of hydrogen-bond donors (Lipinski definition) is 0. The molecule has 0 saturated carbocycles. The Hall–Kier alpha value is -1.16. The van der Waals surface area contributed by atoms with Crippen molar-refractivity contribution in [2.45, 2.75) is 19.8 Å². The van der Waals surface area contributed by atoms with E-state index < -0.39 is 0 Å². The molecule has 1 aliphatic heterocycles. The second-order valence-corrected chi connectivity index (χ2v) is 5.40. The van der Waals surface area contributed by atoms with Gasteiger partial charge in [0.15, 0.2) is 0 Å². The van der Waals surface area contributed by atoms with E-state index in [-0.39, 0.29) is 0 Å². The number of piperidine rings is 1. The molecular formula is C12H15N3S. The molecule has 4 heteroatoms. The van der Waals surface area contributed by atoms with Crippen LogP contribution in [0, 0.1) is 5.92 Å². The van der Waals surface area contributed by atoms with Gasteiger partial charge in [-0.25, -0.2) is 9.97 Å². The van der Waals surface area contributed by atoms with Crippen molar-refractivity contribution in [1.29, 1.82) is 0 Å². The fourth-order valence-corrected chi connectivity index (χ4v) is 2.98. The van der Waals surface area contributed by atoms with Gasteiger partial charge in [0.1, 0.15) is 17.0 Å². The summed E-state index contributed by atoms with van der Waals surface area (Å²) < 4.78 is 0. The van der Waals surface area contributed by atoms with Crippen LogP contribution in [0.4, 0.5) is 5.82 Å². The Kier molecular flexibility index (Phi) is 2.52. The summed E-state index contributed by atoms with van der Waals surface area (Å²) in [6.07, 6.45) is 4.23. The Morgan fingerprint density at radius 3 is 2.94 bits per heavy atom. The molecule has 0 aromatic carbocycles. The summed E-state index contributed by atoms with van der Waals surface area (Å²) in [6, 6.07) is 2.13. The third-order valence-electron chi connectivity index (χ3n) is 3.32. The third-order valence-corrected chi connectivity index (χ3v) is 4.14. The van der Waals surface area contributed by atoms with E-state index in [0.717, 1.165) is 29.7 Å². The molecule has 0 amide bonds. The van der Waals surface area contributed by atoms with Gasteiger partial charge in [-0.15, -0.1) is 11.3 Å². The third kappa shape index (κ3) is 1.67. The van der Waals surface area contributed by atoms with Crippen LogP contribution in [-0.4, -0.2) is 23.1 Å². The first-order valence-electron chi connectivity index (χ1n) is 5.78. The summed E-state index contributed by atoms with van der Waals surface area (Å²) in [5, 5.41) is 3.30. The molecule has 2 aromatic rings. The minimum atomic E-state index is 0.857. The average Bonchev–Trinajstić information content (AvgIpc) is 2.78. The van der Waals surface area contributed by atoms with E-state index in [1.54, 1.807) is 17.7 Å². The van der Waals surface area contributed by atoms with E-state index in [9.17, 15) is 0 Å². The van der Waals surface area contributed by atoms with Crippen molar-refractivity contribution in [1.82, 2.24) is 9.97 Å². The van der Waals surface area contributed by atoms with Crippen molar-refractivity contribution in [3.63, 3.8) is 0 Å². The number of thiophene rings is 1. The molecule has 0 atom stereocenters. The van der Waals surface area contributed by atoms with Gasteiger partial charge in [-0.3, -0.25) is 0 Å². The topological polar surface area (TPSA) is 29.0 Å². The van der Waals surface area contributed by atoms with Crippen LogP contribution in [-0.2, 0) is 0 Å². The first-order valence-corrected chi connectivity index (χ1v) is 6.66. The summed E-state index contributed by atoms with van der Waals surface area (Å²) in [5.74, 6) is 1.98. The standard InChI is InChI=1S/C12H15N3S/c1-9-2-5-15(6-3-9)11-10-4-7-16-12(10)14-8-13-11/h4,7-9H,2-3,5-6H2,1H3. The number of fused-ring (bicyclic) bond motifs is 1. The molecule has 0 unspecified atom stereocenters. The molecule has 1 saturated heterocycles. The lowest BCUT2D eigenvalue weighted by atomic mass is 9.99. The number of hydrogen-bond acceptors (Lipinski definition) is 4. The molecule has 1 aliphatic rings. The maximum Gasteiger partial charge on any atom is 0.140 e. The highest BCUT2D eigenvalue weighted by Gasteiger charge is 2.19. The first kappa shape index (κ1) is 10.0. The largest absolute Gasteiger partial charge is 0.356 e. The number of aromatic nitrogens is 2. The molecule has 84 valence electrons. The van der Waals surface area contributed by atoms with E-state index in [0.29, 0.717) is 0 Å². The Morgan fingerprint density at radius 2 is 2.12 bits per heavy atom. The van der Waals surface area contributed by atoms with Crippen molar-refractivity contribution in [2.75, 3.05) is 18.0 Å². The average molecular weight is 233 g/mol. The summed E-state index contributed by atoms with van der Waals surface area (Å²) in [4.78, 5) is 12.2. The van der Waals surface area contributed by atoms with Crippen LogP contribution in [0.15, 0.2) is 17.8 Å². The van der Waals surface area contributed by atoms with Crippen molar-refractivity contribution >= 4 is 27.4 Å². The summed E-state index contributed by atoms with van der Waals surface area (Å²) in [6.45, 7) is 4.59. The van der Waals surface area contributed by atoms with E-state index in [1.807, 2.05) is 0 Å². The molecule has 3 heterocycles. The van der Waals surface area contributed by atoms with Crippen molar-refractivity contribution in [3.05, 3.63) is 17.8 Å². The van der Waals surface area contributed by atoms with E-state index in [4.69, 9.17) is 0 Å². The molecule has 16 heavy (non-hydrogen) atoms. The molecule has 0 N–H and O–H groups in total. The Bertz CT molecular complexity index is 486. The lowest BCUT2D eigenvalue weighted by molar-refractivity contribution is 0.437. The Labute approximate surface area is 99.1 Å². The van der Waals surface area contributed by atoms with Gasteiger partial charge in [-0.05, 0) is 30.2 Å². The minimum Gasteiger partial charge on any atom is -0.356 e. The molecule has 3 rings (SSSR count). The molecule has 0 aliphatic carbocycles. The summed E-state index contributed by atoms with van der Waals surface area (Å²) >= 11 is 1.69. The van der Waals surface area contributed by atoms with E-state index in [1.165, 1.54) is 18.2 Å². The maximum absolute atomic E-state index is 4.45. The fraction of sp³-hybridized carbons (Fsp3) is 0.500. The van der Waals surface area contributed by atoms with Gasteiger partial charge in [-0.1, -0.05) is 6.92 Å². The lowest BCUT2D eigenvalue weighted by Gasteiger charge is -2.31. The van der Waals surface area contributed by atoms with Gasteiger partial charge in [-0.2, -0.15) is 0 Å². The van der Waals surface area contributed by atoms with E-state index >= 15 is 0 Å². The summed E-state index contributed by atoms with van der Waals surface area (Å²) in [5.41, 5.74) is 0. The monoisotopic (exact) mass is 233 g/mol. The number of nitrogens with zero attached hydrogens (tertiary/aromatic N) is 3. The lowest BCUT2D eigenvalue weighted by Crippen LogP contribution is -2.33. The van der Waals surface area contributed by atoms with Crippen molar-refractivity contribution in [3.8, 4) is 0 Å². The zero-order valence-electron chi connectivity index (χ0n) is 9.39. The Morgan fingerprint density at radius 1 is 1.31 bits per heavy atom. The van der Waals surface area contributed by atoms with Crippen molar-refractivity contribution < 1.29 is 0 Å². The number of rotatable bonds is 1. The normalized spacial score (nSPS) is 18.2. The molecule has 1 fully saturated rings. The van der Waals surface area contributed by atoms with Crippen LogP contribution >= 0.6 is 11.3 Å². The van der Waals surface area contributed by atoms with E-state index in [2.05, 4.69) is 33.2 Å². The quantitative estimate of drug-likeness (QED) is 0.758. The van der Waals surface area contributed by atoms with Crippen LogP contribution in [0.25, 0.3) is 10.2 Å². The molecular weight excluding hydrogens is 218 g/mol. The highest BCUT2D eigenvalue weighted by molar-refractivity contribution is 7.16. The van der Waals surface area contributed by atoms with Gasteiger partial charge in [0.2, 0.25) is 0 Å². The Balaban J connectivity index is 1.96. The first-order chi connectivity index (χ1) is 7.84. The van der Waals surface area contributed by atoms with Crippen LogP contribution in [0.3, 0.4) is 0 Å². The van der Waals surface area contributed by atoms with Gasteiger partial charge in [0.05, 0.1) is 5.39 Å². The van der Waals surface area contributed by atoms with Gasteiger partial charge < -0.3 is 4.90 Å². The molecule has 0 spiro atoms.